The van der Waals surface area contributed by atoms with E-state index in [9.17, 15) is 4.79 Å². The molecule has 30 heavy (non-hydrogen) atoms. The fourth-order valence-electron chi connectivity index (χ4n) is 3.45. The summed E-state index contributed by atoms with van der Waals surface area (Å²) >= 11 is 0. The number of carbonyl (C=O) groups excluding carboxylic acids is 1. The number of guanidine groups is 1. The Kier molecular flexibility index (Phi) is 9.61. The van der Waals surface area contributed by atoms with E-state index in [0.29, 0.717) is 25.0 Å². The van der Waals surface area contributed by atoms with Crippen LogP contribution in [0, 0.1) is 5.92 Å². The first kappa shape index (κ1) is 24.2. The minimum atomic E-state index is 0. The predicted octanol–water partition coefficient (Wildman–Crippen LogP) is 4.41. The molecule has 0 radical (unpaired) electrons. The molecule has 1 aliphatic rings. The zero-order chi connectivity index (χ0) is 20.6. The number of amides is 1. The number of anilines is 1. The highest BCUT2D eigenvalue weighted by molar-refractivity contribution is 14.0. The van der Waals surface area contributed by atoms with E-state index in [2.05, 4.69) is 39.9 Å². The largest absolute Gasteiger partial charge is 0.359 e. The lowest BCUT2D eigenvalue weighted by Gasteiger charge is -2.13. The quantitative estimate of drug-likeness (QED) is 0.283. The first-order valence-electron chi connectivity index (χ1n) is 10.3. The molecule has 1 aliphatic carbocycles. The minimum Gasteiger partial charge on any atom is -0.359 e. The molecule has 1 fully saturated rings. The number of hydrogen-bond acceptors (Lipinski definition) is 4. The van der Waals surface area contributed by atoms with Gasteiger partial charge in [0.25, 0.3) is 0 Å². The molecular weight excluding hydrogens is 493 g/mol. The lowest BCUT2D eigenvalue weighted by atomic mass is 10.1. The van der Waals surface area contributed by atoms with E-state index in [-0.39, 0.29) is 35.8 Å². The summed E-state index contributed by atoms with van der Waals surface area (Å²) in [6.45, 7) is 5.27. The van der Waals surface area contributed by atoms with Crippen LogP contribution in [-0.2, 0) is 17.9 Å². The van der Waals surface area contributed by atoms with Crippen LogP contribution in [0.15, 0.2) is 39.8 Å². The van der Waals surface area contributed by atoms with Gasteiger partial charge >= 0.3 is 0 Å². The summed E-state index contributed by atoms with van der Waals surface area (Å²) in [6, 6.07) is 9.87. The van der Waals surface area contributed by atoms with Gasteiger partial charge in [0.05, 0.1) is 12.2 Å². The number of nitrogens with one attached hydrogen (secondary N) is 3. The molecule has 2 aromatic rings. The predicted molar refractivity (Wildman–Crippen MR) is 130 cm³/mol. The van der Waals surface area contributed by atoms with E-state index >= 15 is 0 Å². The van der Waals surface area contributed by atoms with Gasteiger partial charge in [-0.25, -0.2) is 0 Å². The number of aromatic nitrogens is 1. The van der Waals surface area contributed by atoms with E-state index in [1.54, 1.807) is 7.05 Å². The van der Waals surface area contributed by atoms with Gasteiger partial charge in [0, 0.05) is 31.3 Å². The molecule has 0 spiro atoms. The molecule has 1 saturated carbocycles. The van der Waals surface area contributed by atoms with Gasteiger partial charge in [-0.3, -0.25) is 9.79 Å². The SMILES string of the molecule is CN=C(NCc1cccc(NC(=O)C2CCCC2)c1)NCc1cc(C(C)C)no1.I. The van der Waals surface area contributed by atoms with Gasteiger partial charge in [-0.15, -0.1) is 24.0 Å². The third-order valence-corrected chi connectivity index (χ3v) is 5.20. The van der Waals surface area contributed by atoms with Crippen molar-refractivity contribution in [2.24, 2.45) is 10.9 Å². The second-order valence-corrected chi connectivity index (χ2v) is 7.82. The lowest BCUT2D eigenvalue weighted by molar-refractivity contribution is -0.119. The smallest absolute Gasteiger partial charge is 0.227 e. The average Bonchev–Trinajstić information content (AvgIpc) is 3.41. The van der Waals surface area contributed by atoms with Crippen LogP contribution in [0.1, 0.15) is 62.5 Å². The molecule has 8 heteroatoms. The van der Waals surface area contributed by atoms with Gasteiger partial charge < -0.3 is 20.5 Å². The third-order valence-electron chi connectivity index (χ3n) is 5.20. The highest BCUT2D eigenvalue weighted by Crippen LogP contribution is 2.26. The summed E-state index contributed by atoms with van der Waals surface area (Å²) in [6.07, 6.45) is 4.31. The zero-order valence-electron chi connectivity index (χ0n) is 17.9. The maximum Gasteiger partial charge on any atom is 0.227 e. The Hall–Kier alpha value is -2.10. The Morgan fingerprint density at radius 3 is 2.60 bits per heavy atom. The molecule has 1 aromatic carbocycles. The summed E-state index contributed by atoms with van der Waals surface area (Å²) in [5.41, 5.74) is 2.85. The Balaban J connectivity index is 0.00000320. The van der Waals surface area contributed by atoms with E-state index in [1.807, 2.05) is 30.3 Å². The molecule has 1 aromatic heterocycles. The van der Waals surface area contributed by atoms with Gasteiger partial charge in [0.15, 0.2) is 11.7 Å². The van der Waals surface area contributed by atoms with E-state index < -0.39 is 0 Å². The first-order valence-corrected chi connectivity index (χ1v) is 10.3. The molecule has 7 nitrogen and oxygen atoms in total. The van der Waals surface area contributed by atoms with Crippen LogP contribution < -0.4 is 16.0 Å². The van der Waals surface area contributed by atoms with Gasteiger partial charge in [0.1, 0.15) is 0 Å². The van der Waals surface area contributed by atoms with Crippen molar-refractivity contribution in [3.63, 3.8) is 0 Å². The van der Waals surface area contributed by atoms with Crippen LogP contribution in [0.4, 0.5) is 5.69 Å². The fraction of sp³-hybridized carbons (Fsp3) is 0.500. The Bertz CT molecular complexity index is 844. The summed E-state index contributed by atoms with van der Waals surface area (Å²) in [7, 11) is 1.73. The highest BCUT2D eigenvalue weighted by atomic mass is 127. The second-order valence-electron chi connectivity index (χ2n) is 7.82. The van der Waals surface area contributed by atoms with Crippen molar-refractivity contribution in [1.82, 2.24) is 15.8 Å². The first-order chi connectivity index (χ1) is 14.0. The summed E-state index contributed by atoms with van der Waals surface area (Å²) in [4.78, 5) is 16.6. The molecule has 0 atom stereocenters. The average molecular weight is 525 g/mol. The van der Waals surface area contributed by atoms with Crippen LogP contribution in [0.5, 0.6) is 0 Å². The molecule has 0 bridgehead atoms. The van der Waals surface area contributed by atoms with Gasteiger partial charge in [0.2, 0.25) is 5.91 Å². The standard InChI is InChI=1S/C22H31N5O2.HI/c1-15(2)20-12-19(29-27-20)14-25-22(23-3)24-13-16-7-6-10-18(11-16)26-21(28)17-8-4-5-9-17;/h6-7,10-12,15,17H,4-5,8-9,13-14H2,1-3H3,(H,26,28)(H2,23,24,25);1H. The highest BCUT2D eigenvalue weighted by Gasteiger charge is 2.22. The van der Waals surface area contributed by atoms with E-state index in [4.69, 9.17) is 4.52 Å². The third kappa shape index (κ3) is 7.00. The van der Waals surface area contributed by atoms with Crippen LogP contribution in [-0.4, -0.2) is 24.1 Å². The van der Waals surface area contributed by atoms with Crippen molar-refractivity contribution < 1.29 is 9.32 Å². The summed E-state index contributed by atoms with van der Waals surface area (Å²) < 4.78 is 5.34. The number of rotatable bonds is 7. The molecule has 0 aliphatic heterocycles. The topological polar surface area (TPSA) is 91.5 Å². The Labute approximate surface area is 195 Å². The maximum atomic E-state index is 12.3. The van der Waals surface area contributed by atoms with Gasteiger partial charge in [-0.2, -0.15) is 0 Å². The van der Waals surface area contributed by atoms with Gasteiger partial charge in [-0.1, -0.05) is 44.0 Å². The maximum absolute atomic E-state index is 12.3. The molecule has 1 heterocycles. The number of benzene rings is 1. The van der Waals surface area contributed by atoms with E-state index in [0.717, 1.165) is 48.4 Å². The zero-order valence-corrected chi connectivity index (χ0v) is 20.2. The number of hydrogen-bond donors (Lipinski definition) is 3. The van der Waals surface area contributed by atoms with Crippen molar-refractivity contribution in [2.45, 2.75) is 58.5 Å². The Morgan fingerprint density at radius 2 is 1.93 bits per heavy atom. The normalized spacial score (nSPS) is 14.5. The van der Waals surface area contributed by atoms with Crippen molar-refractivity contribution in [2.75, 3.05) is 12.4 Å². The minimum absolute atomic E-state index is 0. The number of nitrogens with zero attached hydrogens (tertiary/aromatic N) is 2. The monoisotopic (exact) mass is 525 g/mol. The molecule has 0 unspecified atom stereocenters. The molecule has 0 saturated heterocycles. The molecular formula is C22H32IN5O2. The van der Waals surface area contributed by atoms with Crippen LogP contribution in [0.25, 0.3) is 0 Å². The molecule has 3 N–H and O–H groups in total. The number of aliphatic imine (C=N–C) groups is 1. The van der Waals surface area contributed by atoms with Crippen LogP contribution in [0.2, 0.25) is 0 Å². The van der Waals surface area contributed by atoms with Crippen molar-refractivity contribution in [3.8, 4) is 0 Å². The second kappa shape index (κ2) is 11.9. The van der Waals surface area contributed by atoms with Crippen LogP contribution in [0.3, 0.4) is 0 Å². The Morgan fingerprint density at radius 1 is 1.20 bits per heavy atom. The molecule has 1 amide bonds. The fourth-order valence-corrected chi connectivity index (χ4v) is 3.45. The number of carbonyl (C=O) groups is 1. The van der Waals surface area contributed by atoms with Crippen LogP contribution >= 0.6 is 24.0 Å². The lowest BCUT2D eigenvalue weighted by Crippen LogP contribution is -2.36. The molecule has 3 rings (SSSR count). The van der Waals surface area contributed by atoms with Crippen molar-refractivity contribution >= 4 is 41.5 Å². The number of halogens is 1. The van der Waals surface area contributed by atoms with Gasteiger partial charge in [-0.05, 0) is 36.5 Å². The van der Waals surface area contributed by atoms with Crippen molar-refractivity contribution in [3.05, 3.63) is 47.3 Å². The van der Waals surface area contributed by atoms with Crippen molar-refractivity contribution in [1.29, 1.82) is 0 Å². The summed E-state index contributed by atoms with van der Waals surface area (Å²) in [5, 5.41) is 13.6. The molecule has 164 valence electrons. The van der Waals surface area contributed by atoms with E-state index in [1.165, 1.54) is 0 Å². The summed E-state index contributed by atoms with van der Waals surface area (Å²) in [5.74, 6) is 2.08.